The largest absolute Gasteiger partial charge is 0.381 e. The van der Waals surface area contributed by atoms with Gasteiger partial charge in [0.15, 0.2) is 11.6 Å². The van der Waals surface area contributed by atoms with Crippen molar-refractivity contribution in [2.75, 3.05) is 5.73 Å². The molecular weight excluding hydrogens is 144 g/mol. The van der Waals surface area contributed by atoms with Crippen LogP contribution in [-0.2, 0) is 0 Å². The van der Waals surface area contributed by atoms with E-state index in [0.717, 1.165) is 5.69 Å². The van der Waals surface area contributed by atoms with Gasteiger partial charge in [-0.3, -0.25) is 0 Å². The second-order valence-corrected chi connectivity index (χ2v) is 2.08. The Morgan fingerprint density at radius 2 is 2.45 bits per heavy atom. The average Bonchev–Trinajstić information content (AvgIpc) is 2.55. The van der Waals surface area contributed by atoms with Crippen LogP contribution < -0.4 is 5.73 Å². The first-order valence-electron chi connectivity index (χ1n) is 3.07. The summed E-state index contributed by atoms with van der Waals surface area (Å²) in [7, 11) is 0. The number of nitrogens with zero attached hydrogens (tertiary/aromatic N) is 2. The predicted octanol–water partition coefficient (Wildman–Crippen LogP) is 0.647. The number of rotatable bonds is 1. The van der Waals surface area contributed by atoms with Gasteiger partial charge in [-0.1, -0.05) is 5.16 Å². The third kappa shape index (κ3) is 0.958. The Bertz CT molecular complexity index is 337. The molecule has 2 rings (SSSR count). The Kier molecular flexibility index (Phi) is 1.15. The van der Waals surface area contributed by atoms with Crippen molar-refractivity contribution in [3.8, 4) is 11.5 Å². The third-order valence-corrected chi connectivity index (χ3v) is 1.29. The van der Waals surface area contributed by atoms with Crippen molar-refractivity contribution in [2.24, 2.45) is 0 Å². The van der Waals surface area contributed by atoms with Crippen LogP contribution in [0, 0.1) is 0 Å². The molecule has 0 aliphatic carbocycles. The highest BCUT2D eigenvalue weighted by Gasteiger charge is 2.03. The summed E-state index contributed by atoms with van der Waals surface area (Å²) in [5, 5.41) is 3.53. The summed E-state index contributed by atoms with van der Waals surface area (Å²) in [5.41, 5.74) is 6.12. The molecule has 2 aromatic rings. The molecule has 0 aliphatic heterocycles. The van der Waals surface area contributed by atoms with E-state index in [0.29, 0.717) is 11.6 Å². The lowest BCUT2D eigenvalue weighted by Crippen LogP contribution is -1.79. The summed E-state index contributed by atoms with van der Waals surface area (Å²) in [6, 6.07) is 1.63. The highest BCUT2D eigenvalue weighted by molar-refractivity contribution is 5.53. The van der Waals surface area contributed by atoms with E-state index in [4.69, 9.17) is 10.3 Å². The molecule has 0 amide bonds. The molecule has 0 fully saturated rings. The van der Waals surface area contributed by atoms with Gasteiger partial charge in [-0.05, 0) is 0 Å². The molecule has 0 aromatic carbocycles. The zero-order valence-corrected chi connectivity index (χ0v) is 5.61. The molecule has 0 unspecified atom stereocenters. The maximum absolute atomic E-state index is 5.35. The van der Waals surface area contributed by atoms with Crippen molar-refractivity contribution in [3.05, 3.63) is 18.6 Å². The molecule has 2 aromatic heterocycles. The first-order chi connectivity index (χ1) is 5.36. The standard InChI is InChI=1S/C6H6N4O/c7-6-1-5(11-10-6)4-2-8-3-9-4/h1-3H,(H2,7,10)(H,8,9). The van der Waals surface area contributed by atoms with Crippen LogP contribution in [0.1, 0.15) is 0 Å². The molecule has 0 spiro atoms. The normalized spacial score (nSPS) is 10.2. The van der Waals surface area contributed by atoms with Gasteiger partial charge < -0.3 is 15.2 Å². The van der Waals surface area contributed by atoms with Crippen molar-refractivity contribution < 1.29 is 4.52 Å². The first kappa shape index (κ1) is 5.96. The monoisotopic (exact) mass is 150 g/mol. The van der Waals surface area contributed by atoms with Crippen molar-refractivity contribution in [1.82, 2.24) is 15.1 Å². The third-order valence-electron chi connectivity index (χ3n) is 1.29. The number of hydrogen-bond donors (Lipinski definition) is 2. The quantitative estimate of drug-likeness (QED) is 0.625. The number of aromatic amines is 1. The van der Waals surface area contributed by atoms with Gasteiger partial charge in [-0.25, -0.2) is 4.98 Å². The number of nitrogen functional groups attached to an aromatic ring is 1. The van der Waals surface area contributed by atoms with E-state index >= 15 is 0 Å². The van der Waals surface area contributed by atoms with E-state index in [1.807, 2.05) is 0 Å². The molecule has 0 saturated heterocycles. The molecule has 3 N–H and O–H groups in total. The van der Waals surface area contributed by atoms with E-state index < -0.39 is 0 Å². The Morgan fingerprint density at radius 1 is 1.55 bits per heavy atom. The Balaban J connectivity index is 2.45. The van der Waals surface area contributed by atoms with Crippen molar-refractivity contribution >= 4 is 5.82 Å². The lowest BCUT2D eigenvalue weighted by Gasteiger charge is -1.82. The van der Waals surface area contributed by atoms with Gasteiger partial charge in [0, 0.05) is 6.07 Å². The Hall–Kier alpha value is -1.78. The zero-order chi connectivity index (χ0) is 7.68. The van der Waals surface area contributed by atoms with Crippen LogP contribution in [0.25, 0.3) is 11.5 Å². The summed E-state index contributed by atoms with van der Waals surface area (Å²) in [5.74, 6) is 0.967. The molecule has 5 heteroatoms. The van der Waals surface area contributed by atoms with Crippen LogP contribution >= 0.6 is 0 Å². The van der Waals surface area contributed by atoms with Crippen LogP contribution in [0.4, 0.5) is 5.82 Å². The highest BCUT2D eigenvalue weighted by Crippen LogP contribution is 2.17. The van der Waals surface area contributed by atoms with Gasteiger partial charge >= 0.3 is 0 Å². The summed E-state index contributed by atoms with van der Waals surface area (Å²) in [4.78, 5) is 6.69. The summed E-state index contributed by atoms with van der Waals surface area (Å²) >= 11 is 0. The Morgan fingerprint density at radius 3 is 3.00 bits per heavy atom. The molecule has 11 heavy (non-hydrogen) atoms. The first-order valence-corrected chi connectivity index (χ1v) is 3.07. The molecular formula is C6H6N4O. The topological polar surface area (TPSA) is 80.7 Å². The fourth-order valence-corrected chi connectivity index (χ4v) is 0.806. The van der Waals surface area contributed by atoms with Gasteiger partial charge in [0.1, 0.15) is 5.69 Å². The van der Waals surface area contributed by atoms with E-state index in [1.54, 1.807) is 18.6 Å². The van der Waals surface area contributed by atoms with Gasteiger partial charge in [0.05, 0.1) is 12.5 Å². The van der Waals surface area contributed by atoms with Crippen molar-refractivity contribution in [3.63, 3.8) is 0 Å². The molecule has 2 heterocycles. The molecule has 0 atom stereocenters. The molecule has 0 aliphatic rings. The number of H-pyrrole nitrogens is 1. The van der Waals surface area contributed by atoms with Gasteiger partial charge in [-0.2, -0.15) is 0 Å². The number of hydrogen-bond acceptors (Lipinski definition) is 4. The lowest BCUT2D eigenvalue weighted by atomic mass is 10.3. The molecule has 0 bridgehead atoms. The summed E-state index contributed by atoms with van der Waals surface area (Å²) < 4.78 is 4.86. The Labute approximate surface area is 62.2 Å². The summed E-state index contributed by atoms with van der Waals surface area (Å²) in [6.45, 7) is 0. The van der Waals surface area contributed by atoms with E-state index in [9.17, 15) is 0 Å². The number of nitrogens with two attached hydrogens (primary N) is 1. The maximum Gasteiger partial charge on any atom is 0.186 e. The van der Waals surface area contributed by atoms with Gasteiger partial charge in [0.25, 0.3) is 0 Å². The minimum atomic E-state index is 0.370. The lowest BCUT2D eigenvalue weighted by molar-refractivity contribution is 0.434. The van der Waals surface area contributed by atoms with Crippen LogP contribution in [0.3, 0.4) is 0 Å². The SMILES string of the molecule is Nc1cc(-c2cnc[nH]2)on1. The van der Waals surface area contributed by atoms with Gasteiger partial charge in [0.2, 0.25) is 0 Å². The number of aromatic nitrogens is 3. The average molecular weight is 150 g/mol. The number of anilines is 1. The predicted molar refractivity (Wildman–Crippen MR) is 38.5 cm³/mol. The summed E-state index contributed by atoms with van der Waals surface area (Å²) in [6.07, 6.45) is 3.20. The van der Waals surface area contributed by atoms with Crippen LogP contribution in [0.5, 0.6) is 0 Å². The fraction of sp³-hybridized carbons (Fsp3) is 0. The van der Waals surface area contributed by atoms with Crippen LogP contribution in [-0.4, -0.2) is 15.1 Å². The fourth-order valence-electron chi connectivity index (χ4n) is 0.806. The number of nitrogens with one attached hydrogen (secondary N) is 1. The second-order valence-electron chi connectivity index (χ2n) is 2.08. The molecule has 0 saturated carbocycles. The number of imidazole rings is 1. The minimum Gasteiger partial charge on any atom is -0.381 e. The second kappa shape index (κ2) is 2.12. The van der Waals surface area contributed by atoms with E-state index in [1.165, 1.54) is 0 Å². The highest BCUT2D eigenvalue weighted by atomic mass is 16.5. The van der Waals surface area contributed by atoms with Crippen LogP contribution in [0.2, 0.25) is 0 Å². The smallest absolute Gasteiger partial charge is 0.186 e. The van der Waals surface area contributed by atoms with Crippen molar-refractivity contribution in [1.29, 1.82) is 0 Å². The van der Waals surface area contributed by atoms with Gasteiger partial charge in [-0.15, -0.1) is 0 Å². The zero-order valence-electron chi connectivity index (χ0n) is 5.61. The molecule has 56 valence electrons. The van der Waals surface area contributed by atoms with Crippen LogP contribution in [0.15, 0.2) is 23.1 Å². The van der Waals surface area contributed by atoms with Crippen molar-refractivity contribution in [2.45, 2.75) is 0 Å². The van der Waals surface area contributed by atoms with E-state index in [2.05, 4.69) is 15.1 Å². The maximum atomic E-state index is 5.35. The van der Waals surface area contributed by atoms with E-state index in [-0.39, 0.29) is 0 Å². The molecule has 5 nitrogen and oxygen atoms in total. The minimum absolute atomic E-state index is 0.370. The molecule has 0 radical (unpaired) electrons.